The highest BCUT2D eigenvalue weighted by atomic mass is 16.2. The minimum atomic E-state index is -0.259. The Morgan fingerprint density at radius 3 is 2.56 bits per heavy atom. The number of nitrogens with one attached hydrogen (secondary N) is 2. The van der Waals surface area contributed by atoms with Gasteiger partial charge in [0.25, 0.3) is 5.91 Å². The number of fused-ring (bicyclic) bond motifs is 1. The van der Waals surface area contributed by atoms with Gasteiger partial charge < -0.3 is 10.6 Å². The Morgan fingerprint density at radius 1 is 1.16 bits per heavy atom. The molecular formula is C19H24N4O2. The molecule has 1 aromatic heterocycles. The molecule has 0 bridgehead atoms. The van der Waals surface area contributed by atoms with Crippen molar-refractivity contribution in [2.75, 3.05) is 11.9 Å². The average Bonchev–Trinajstić information content (AvgIpc) is 2.85. The predicted molar refractivity (Wildman–Crippen MR) is 96.7 cm³/mol. The average molecular weight is 340 g/mol. The molecule has 0 fully saturated rings. The number of rotatable bonds is 4. The maximum atomic E-state index is 12.3. The molecule has 2 aromatic rings. The molecule has 132 valence electrons. The topological polar surface area (TPSA) is 76.0 Å². The number of carbonyl (C=O) groups excluding carboxylic acids is 2. The first-order chi connectivity index (χ1) is 12.0. The third-order valence-electron chi connectivity index (χ3n) is 4.79. The number of hydrogen-bond donors (Lipinski definition) is 2. The highest BCUT2D eigenvalue weighted by Gasteiger charge is 2.15. The number of nitrogens with zero attached hydrogens (tertiary/aromatic N) is 2. The van der Waals surface area contributed by atoms with Crippen molar-refractivity contribution in [2.45, 2.75) is 39.5 Å². The van der Waals surface area contributed by atoms with Crippen molar-refractivity contribution in [1.82, 2.24) is 15.1 Å². The first-order valence-electron chi connectivity index (χ1n) is 8.65. The summed E-state index contributed by atoms with van der Waals surface area (Å²) >= 11 is 0. The van der Waals surface area contributed by atoms with Gasteiger partial charge in [-0.15, -0.1) is 0 Å². The van der Waals surface area contributed by atoms with E-state index in [9.17, 15) is 9.59 Å². The number of amides is 2. The lowest BCUT2D eigenvalue weighted by atomic mass is 9.90. The first kappa shape index (κ1) is 17.2. The van der Waals surface area contributed by atoms with Gasteiger partial charge in [0.15, 0.2) is 0 Å². The van der Waals surface area contributed by atoms with Crippen LogP contribution in [0.1, 0.15) is 45.7 Å². The molecule has 0 saturated carbocycles. The monoisotopic (exact) mass is 340 g/mol. The van der Waals surface area contributed by atoms with Gasteiger partial charge in [0, 0.05) is 12.6 Å². The van der Waals surface area contributed by atoms with E-state index in [2.05, 4.69) is 15.7 Å². The van der Waals surface area contributed by atoms with Gasteiger partial charge >= 0.3 is 0 Å². The summed E-state index contributed by atoms with van der Waals surface area (Å²) in [6.07, 6.45) is 4.50. The van der Waals surface area contributed by atoms with E-state index >= 15 is 0 Å². The summed E-state index contributed by atoms with van der Waals surface area (Å²) in [7, 11) is 1.83. The molecule has 0 saturated heterocycles. The zero-order valence-corrected chi connectivity index (χ0v) is 15.0. The molecule has 6 nitrogen and oxygen atoms in total. The second-order valence-corrected chi connectivity index (χ2v) is 6.59. The van der Waals surface area contributed by atoms with Gasteiger partial charge in [-0.05, 0) is 62.8 Å². The van der Waals surface area contributed by atoms with Crippen LogP contribution >= 0.6 is 0 Å². The fourth-order valence-electron chi connectivity index (χ4n) is 3.28. The van der Waals surface area contributed by atoms with Crippen molar-refractivity contribution in [3.63, 3.8) is 0 Å². The second kappa shape index (κ2) is 7.09. The third kappa shape index (κ3) is 3.73. The normalized spacial score (nSPS) is 13.2. The summed E-state index contributed by atoms with van der Waals surface area (Å²) < 4.78 is 1.72. The molecular weight excluding hydrogens is 316 g/mol. The van der Waals surface area contributed by atoms with Crippen LogP contribution in [0.2, 0.25) is 0 Å². The smallest absolute Gasteiger partial charge is 0.251 e. The predicted octanol–water partition coefficient (Wildman–Crippen LogP) is 2.28. The Kier molecular flexibility index (Phi) is 4.88. The van der Waals surface area contributed by atoms with E-state index in [1.807, 2.05) is 39.1 Å². The summed E-state index contributed by atoms with van der Waals surface area (Å²) in [5.74, 6) is -0.478. The molecule has 1 heterocycles. The molecule has 3 rings (SSSR count). The Bertz CT molecular complexity index is 823. The summed E-state index contributed by atoms with van der Waals surface area (Å²) in [4.78, 5) is 24.4. The molecule has 1 aliphatic carbocycles. The van der Waals surface area contributed by atoms with Crippen LogP contribution in [0.5, 0.6) is 0 Å². The number of aryl methyl sites for hydroxylation is 4. The highest BCUT2D eigenvalue weighted by molar-refractivity contribution is 5.99. The molecule has 1 aromatic carbocycles. The zero-order valence-electron chi connectivity index (χ0n) is 15.0. The van der Waals surface area contributed by atoms with Crippen molar-refractivity contribution in [2.24, 2.45) is 7.05 Å². The van der Waals surface area contributed by atoms with Crippen LogP contribution in [0.4, 0.5) is 5.69 Å². The standard InChI is InChI=1S/C19H24N4O2/c1-12-18(13(2)23(3)22-12)21-17(24)11-20-19(25)16-9-8-14-6-4-5-7-15(14)10-16/h8-10H,4-7,11H2,1-3H3,(H,20,25)(H,21,24). The summed E-state index contributed by atoms with van der Waals surface area (Å²) in [6.45, 7) is 3.67. The molecule has 2 amide bonds. The van der Waals surface area contributed by atoms with E-state index in [1.54, 1.807) is 4.68 Å². The SMILES string of the molecule is Cc1nn(C)c(C)c1NC(=O)CNC(=O)c1ccc2c(c1)CCCC2. The molecule has 0 aliphatic heterocycles. The van der Waals surface area contributed by atoms with Crippen molar-refractivity contribution in [1.29, 1.82) is 0 Å². The van der Waals surface area contributed by atoms with Crippen LogP contribution in [0, 0.1) is 13.8 Å². The largest absolute Gasteiger partial charge is 0.343 e. The van der Waals surface area contributed by atoms with Gasteiger partial charge in [0.1, 0.15) is 0 Å². The van der Waals surface area contributed by atoms with Gasteiger partial charge in [0.05, 0.1) is 23.6 Å². The Labute approximate surface area is 147 Å². The molecule has 0 spiro atoms. The minimum Gasteiger partial charge on any atom is -0.343 e. The summed E-state index contributed by atoms with van der Waals surface area (Å²) in [5.41, 5.74) is 5.55. The highest BCUT2D eigenvalue weighted by Crippen LogP contribution is 2.22. The molecule has 0 radical (unpaired) electrons. The van der Waals surface area contributed by atoms with Crippen LogP contribution in [0.25, 0.3) is 0 Å². The van der Waals surface area contributed by atoms with E-state index in [0.29, 0.717) is 11.3 Å². The van der Waals surface area contributed by atoms with Crippen LogP contribution in [0.15, 0.2) is 18.2 Å². The van der Waals surface area contributed by atoms with Gasteiger partial charge in [-0.3, -0.25) is 14.3 Å². The van der Waals surface area contributed by atoms with Crippen molar-refractivity contribution < 1.29 is 9.59 Å². The number of hydrogen-bond acceptors (Lipinski definition) is 3. The van der Waals surface area contributed by atoms with Gasteiger partial charge in [-0.1, -0.05) is 6.07 Å². The Hall–Kier alpha value is -2.63. The van der Waals surface area contributed by atoms with E-state index < -0.39 is 0 Å². The van der Waals surface area contributed by atoms with Crippen molar-refractivity contribution in [3.05, 3.63) is 46.3 Å². The maximum Gasteiger partial charge on any atom is 0.251 e. The zero-order chi connectivity index (χ0) is 18.0. The summed E-state index contributed by atoms with van der Waals surface area (Å²) in [6, 6.07) is 5.83. The van der Waals surface area contributed by atoms with Crippen molar-refractivity contribution >= 4 is 17.5 Å². The lowest BCUT2D eigenvalue weighted by Gasteiger charge is -2.16. The molecule has 0 unspecified atom stereocenters. The fraction of sp³-hybridized carbons (Fsp3) is 0.421. The number of anilines is 1. The van der Waals surface area contributed by atoms with Crippen LogP contribution in [0.3, 0.4) is 0 Å². The minimum absolute atomic E-state index is 0.0658. The van der Waals surface area contributed by atoms with Crippen LogP contribution in [-0.2, 0) is 24.7 Å². The third-order valence-corrected chi connectivity index (χ3v) is 4.79. The summed E-state index contributed by atoms with van der Waals surface area (Å²) in [5, 5.41) is 9.77. The van der Waals surface area contributed by atoms with Gasteiger partial charge in [0.2, 0.25) is 5.91 Å². The quantitative estimate of drug-likeness (QED) is 0.896. The lowest BCUT2D eigenvalue weighted by molar-refractivity contribution is -0.115. The lowest BCUT2D eigenvalue weighted by Crippen LogP contribution is -2.33. The molecule has 6 heteroatoms. The van der Waals surface area contributed by atoms with Crippen molar-refractivity contribution in [3.8, 4) is 0 Å². The number of benzene rings is 1. The van der Waals surface area contributed by atoms with E-state index in [0.717, 1.165) is 24.2 Å². The van der Waals surface area contributed by atoms with Crippen LogP contribution < -0.4 is 10.6 Å². The maximum absolute atomic E-state index is 12.3. The second-order valence-electron chi connectivity index (χ2n) is 6.59. The van der Waals surface area contributed by atoms with Gasteiger partial charge in [-0.25, -0.2) is 0 Å². The fourth-order valence-corrected chi connectivity index (χ4v) is 3.28. The molecule has 2 N–H and O–H groups in total. The number of aromatic nitrogens is 2. The van der Waals surface area contributed by atoms with Gasteiger partial charge in [-0.2, -0.15) is 5.10 Å². The van der Waals surface area contributed by atoms with Crippen LogP contribution in [-0.4, -0.2) is 28.1 Å². The molecule has 0 atom stereocenters. The number of carbonyl (C=O) groups is 2. The Morgan fingerprint density at radius 2 is 1.88 bits per heavy atom. The Balaban J connectivity index is 1.59. The van der Waals surface area contributed by atoms with E-state index in [-0.39, 0.29) is 18.4 Å². The first-order valence-corrected chi connectivity index (χ1v) is 8.65. The molecule has 25 heavy (non-hydrogen) atoms. The van der Waals surface area contributed by atoms with E-state index in [1.165, 1.54) is 24.0 Å². The molecule has 1 aliphatic rings. The van der Waals surface area contributed by atoms with E-state index in [4.69, 9.17) is 0 Å².